The summed E-state index contributed by atoms with van der Waals surface area (Å²) in [5.41, 5.74) is 3.42. The molecule has 5 rings (SSSR count). The zero-order chi connectivity index (χ0) is 28.7. The van der Waals surface area contributed by atoms with Crippen molar-refractivity contribution in [3.05, 3.63) is 70.7 Å². The average Bonchev–Trinajstić information content (AvgIpc) is 3.46. The zero-order valence-corrected chi connectivity index (χ0v) is 22.7. The van der Waals surface area contributed by atoms with Crippen molar-refractivity contribution in [2.75, 3.05) is 39.3 Å². The second-order valence-electron chi connectivity index (χ2n) is 11.2. The van der Waals surface area contributed by atoms with Crippen LogP contribution in [0.2, 0.25) is 0 Å². The molecule has 0 saturated carbocycles. The molecule has 40 heavy (non-hydrogen) atoms. The molecule has 1 aromatic heterocycles. The number of rotatable bonds is 6. The topological polar surface area (TPSA) is 69.6 Å². The monoisotopic (exact) mass is 559 g/mol. The number of hydrogen-bond acceptors (Lipinski definition) is 5. The first kappa shape index (κ1) is 28.2. The minimum atomic E-state index is -4.54. The van der Waals surface area contributed by atoms with Gasteiger partial charge in [-0.05, 0) is 68.3 Å². The molecule has 7 nitrogen and oxygen atoms in total. The van der Waals surface area contributed by atoms with E-state index in [4.69, 9.17) is 0 Å². The van der Waals surface area contributed by atoms with E-state index in [1.54, 1.807) is 24.8 Å². The van der Waals surface area contributed by atoms with Crippen molar-refractivity contribution in [1.82, 2.24) is 24.7 Å². The zero-order valence-electron chi connectivity index (χ0n) is 22.7. The highest BCUT2D eigenvalue weighted by Crippen LogP contribution is 2.41. The molecule has 11 heteroatoms. The first-order chi connectivity index (χ1) is 18.9. The summed E-state index contributed by atoms with van der Waals surface area (Å²) < 4.78 is 52.5. The van der Waals surface area contributed by atoms with Gasteiger partial charge in [-0.15, -0.1) is 0 Å². The first-order valence-electron chi connectivity index (χ1n) is 13.6. The van der Waals surface area contributed by atoms with Crippen LogP contribution in [0.3, 0.4) is 0 Å². The van der Waals surface area contributed by atoms with Crippen LogP contribution in [0.5, 0.6) is 0 Å². The van der Waals surface area contributed by atoms with Gasteiger partial charge in [-0.1, -0.05) is 12.1 Å². The van der Waals surface area contributed by atoms with E-state index in [1.165, 1.54) is 28.9 Å². The number of halogens is 4. The molecule has 0 spiro atoms. The number of carbonyl (C=O) groups excluding carboxylic acids is 2. The van der Waals surface area contributed by atoms with Gasteiger partial charge >= 0.3 is 6.18 Å². The van der Waals surface area contributed by atoms with E-state index in [2.05, 4.69) is 14.9 Å². The highest BCUT2D eigenvalue weighted by atomic mass is 19.4. The van der Waals surface area contributed by atoms with Crippen LogP contribution in [0.4, 0.5) is 17.6 Å². The van der Waals surface area contributed by atoms with Gasteiger partial charge in [0.1, 0.15) is 18.6 Å². The molecule has 2 fully saturated rings. The fraction of sp³-hybridized carbons (Fsp3) is 0.517. The van der Waals surface area contributed by atoms with Crippen LogP contribution in [-0.4, -0.2) is 81.9 Å². The fourth-order valence-corrected chi connectivity index (χ4v) is 6.39. The maximum Gasteiger partial charge on any atom is 0.397 e. The lowest BCUT2D eigenvalue weighted by Gasteiger charge is -2.43. The van der Waals surface area contributed by atoms with Gasteiger partial charge in [-0.2, -0.15) is 13.2 Å². The number of likely N-dealkylation sites (tertiary alicyclic amines) is 2. The predicted molar refractivity (Wildman–Crippen MR) is 140 cm³/mol. The number of nitrogens with zero attached hydrogens (tertiary/aromatic N) is 5. The van der Waals surface area contributed by atoms with Crippen LogP contribution >= 0.6 is 0 Å². The number of carbonyl (C=O) groups is 2. The standard InChI is InChI=1S/C29H33F4N5O2/c1-19-26(20(2)35-18-34-19)27(40)38-16-21-14-36(15-22(21)17-38)9-6-28(23-4-3-5-24(30)12-23)7-10-37(11-8-28)25(39)13-29(31,32)33/h3-5,12,16,18,22H,6-11,13-15,17H2,1-2H3. The van der Waals surface area contributed by atoms with E-state index in [0.29, 0.717) is 49.3 Å². The largest absolute Gasteiger partial charge is 0.397 e. The molecular weight excluding hydrogens is 526 g/mol. The number of hydrogen-bond donors (Lipinski definition) is 0. The van der Waals surface area contributed by atoms with Gasteiger partial charge in [-0.3, -0.25) is 14.5 Å². The van der Waals surface area contributed by atoms with Crippen molar-refractivity contribution < 1.29 is 27.2 Å². The molecule has 2 saturated heterocycles. The van der Waals surface area contributed by atoms with E-state index in [0.717, 1.165) is 18.7 Å². The molecule has 0 aliphatic carbocycles. The van der Waals surface area contributed by atoms with Gasteiger partial charge in [0, 0.05) is 44.8 Å². The minimum absolute atomic E-state index is 0.0964. The van der Waals surface area contributed by atoms with Gasteiger partial charge in [0.15, 0.2) is 0 Å². The predicted octanol–water partition coefficient (Wildman–Crippen LogP) is 4.41. The molecule has 0 radical (unpaired) electrons. The number of alkyl halides is 3. The molecule has 4 heterocycles. The normalized spacial score (nSPS) is 20.9. The minimum Gasteiger partial charge on any atom is -0.342 e. The van der Waals surface area contributed by atoms with Crippen molar-refractivity contribution in [3.63, 3.8) is 0 Å². The van der Waals surface area contributed by atoms with Gasteiger partial charge in [-0.25, -0.2) is 14.4 Å². The molecule has 1 atom stereocenters. The van der Waals surface area contributed by atoms with E-state index in [-0.39, 0.29) is 30.7 Å². The number of benzene rings is 1. The summed E-state index contributed by atoms with van der Waals surface area (Å²) in [7, 11) is 0. The Morgan fingerprint density at radius 3 is 2.40 bits per heavy atom. The quantitative estimate of drug-likeness (QED) is 0.491. The van der Waals surface area contributed by atoms with Gasteiger partial charge in [0.25, 0.3) is 5.91 Å². The summed E-state index contributed by atoms with van der Waals surface area (Å²) in [5.74, 6) is -1.14. The summed E-state index contributed by atoms with van der Waals surface area (Å²) in [6.45, 7) is 6.83. The van der Waals surface area contributed by atoms with E-state index >= 15 is 0 Å². The van der Waals surface area contributed by atoms with Crippen LogP contribution in [0.1, 0.15) is 53.0 Å². The summed E-state index contributed by atoms with van der Waals surface area (Å²) in [5, 5.41) is 0. The van der Waals surface area contributed by atoms with E-state index in [9.17, 15) is 27.2 Å². The molecular formula is C29H33F4N5O2. The second-order valence-corrected chi connectivity index (χ2v) is 11.2. The molecule has 0 N–H and O–H groups in total. The number of piperidine rings is 1. The van der Waals surface area contributed by atoms with Crippen molar-refractivity contribution in [1.29, 1.82) is 0 Å². The maximum absolute atomic E-state index is 14.2. The summed E-state index contributed by atoms with van der Waals surface area (Å²) in [6, 6.07) is 6.42. The summed E-state index contributed by atoms with van der Waals surface area (Å²) >= 11 is 0. The van der Waals surface area contributed by atoms with Crippen molar-refractivity contribution in [2.45, 2.75) is 51.1 Å². The van der Waals surface area contributed by atoms with Crippen LogP contribution < -0.4 is 0 Å². The Labute approximate surface area is 230 Å². The Balaban J connectivity index is 1.24. The lowest BCUT2D eigenvalue weighted by molar-refractivity contribution is -0.162. The second kappa shape index (κ2) is 10.9. The summed E-state index contributed by atoms with van der Waals surface area (Å²) in [6.07, 6.45) is -0.965. The molecule has 2 aromatic rings. The third-order valence-electron chi connectivity index (χ3n) is 8.62. The first-order valence-corrected chi connectivity index (χ1v) is 13.6. The fourth-order valence-electron chi connectivity index (χ4n) is 6.39. The van der Waals surface area contributed by atoms with Crippen molar-refractivity contribution in [2.24, 2.45) is 5.92 Å². The number of amides is 2. The number of aromatic nitrogens is 2. The molecule has 1 unspecified atom stereocenters. The van der Waals surface area contributed by atoms with Crippen LogP contribution in [0.15, 0.2) is 42.4 Å². The third-order valence-corrected chi connectivity index (χ3v) is 8.62. The van der Waals surface area contributed by atoms with Crippen molar-refractivity contribution >= 4 is 11.8 Å². The lowest BCUT2D eigenvalue weighted by Crippen LogP contribution is -2.47. The van der Waals surface area contributed by atoms with Crippen LogP contribution in [-0.2, 0) is 10.2 Å². The Hall–Kier alpha value is -3.34. The Morgan fingerprint density at radius 2 is 1.77 bits per heavy atom. The molecule has 3 aliphatic heterocycles. The Kier molecular flexibility index (Phi) is 7.69. The lowest BCUT2D eigenvalue weighted by atomic mass is 9.70. The van der Waals surface area contributed by atoms with Gasteiger partial charge in [0.2, 0.25) is 5.91 Å². The van der Waals surface area contributed by atoms with E-state index < -0.39 is 23.9 Å². The SMILES string of the molecule is Cc1ncnc(C)c1C(=O)N1C=C2CN(CCC3(c4cccc(F)c4)CCN(C(=O)CC(F)(F)F)CC3)CC2C1. The maximum atomic E-state index is 14.2. The third kappa shape index (κ3) is 5.89. The van der Waals surface area contributed by atoms with Gasteiger partial charge in [0.05, 0.1) is 17.0 Å². The molecule has 3 aliphatic rings. The van der Waals surface area contributed by atoms with Crippen LogP contribution in [0.25, 0.3) is 0 Å². The smallest absolute Gasteiger partial charge is 0.342 e. The summed E-state index contributed by atoms with van der Waals surface area (Å²) in [4.78, 5) is 39.1. The van der Waals surface area contributed by atoms with Gasteiger partial charge < -0.3 is 9.80 Å². The Morgan fingerprint density at radius 1 is 1.07 bits per heavy atom. The average molecular weight is 560 g/mol. The molecule has 214 valence electrons. The molecule has 0 bridgehead atoms. The molecule has 2 amide bonds. The number of fused-ring (bicyclic) bond motifs is 1. The van der Waals surface area contributed by atoms with Crippen LogP contribution in [0, 0.1) is 25.6 Å². The highest BCUT2D eigenvalue weighted by molar-refractivity contribution is 5.97. The van der Waals surface area contributed by atoms with Crippen molar-refractivity contribution in [3.8, 4) is 0 Å². The van der Waals surface area contributed by atoms with E-state index in [1.807, 2.05) is 12.3 Å². The number of aryl methyl sites for hydroxylation is 2. The Bertz CT molecular complexity index is 1300. The highest BCUT2D eigenvalue weighted by Gasteiger charge is 2.42. The molecule has 1 aromatic carbocycles.